The van der Waals surface area contributed by atoms with Crippen molar-refractivity contribution >= 4 is 22.7 Å². The molecular weight excluding hydrogens is 198 g/mol. The molecule has 0 bridgehead atoms. The molecule has 0 heterocycles. The van der Waals surface area contributed by atoms with Crippen LogP contribution in [0.5, 0.6) is 0 Å². The van der Waals surface area contributed by atoms with E-state index >= 15 is 0 Å². The van der Waals surface area contributed by atoms with Gasteiger partial charge in [0.05, 0.1) is 15.5 Å². The van der Waals surface area contributed by atoms with Crippen LogP contribution in [0.3, 0.4) is 0 Å². The molecule has 1 atom stereocenters. The fraction of sp³-hybridized carbons (Fsp3) is 0. The van der Waals surface area contributed by atoms with Gasteiger partial charge in [0, 0.05) is 0 Å². The SMILES string of the molecule is N#Cc1ccc(S(=O)O)cc1Cl. The summed E-state index contributed by atoms with van der Waals surface area (Å²) < 4.78 is 19.2. The fourth-order valence-electron chi connectivity index (χ4n) is 0.695. The van der Waals surface area contributed by atoms with E-state index in [1.165, 1.54) is 18.2 Å². The molecule has 12 heavy (non-hydrogen) atoms. The molecule has 0 amide bonds. The van der Waals surface area contributed by atoms with Crippen LogP contribution in [0.4, 0.5) is 0 Å². The number of nitrogens with zero attached hydrogens (tertiary/aromatic N) is 1. The van der Waals surface area contributed by atoms with Gasteiger partial charge in [-0.2, -0.15) is 5.26 Å². The number of nitriles is 1. The van der Waals surface area contributed by atoms with Gasteiger partial charge in [-0.25, -0.2) is 4.21 Å². The van der Waals surface area contributed by atoms with Crippen molar-refractivity contribution in [2.75, 3.05) is 0 Å². The van der Waals surface area contributed by atoms with Gasteiger partial charge in [0.25, 0.3) is 0 Å². The largest absolute Gasteiger partial charge is 0.302 e. The summed E-state index contributed by atoms with van der Waals surface area (Å²) >= 11 is 3.56. The first-order valence-corrected chi connectivity index (χ1v) is 4.44. The Labute approximate surface area is 76.9 Å². The lowest BCUT2D eigenvalue weighted by Gasteiger charge is -1.96. The highest BCUT2D eigenvalue weighted by Crippen LogP contribution is 2.18. The number of halogens is 1. The molecule has 1 unspecified atom stereocenters. The monoisotopic (exact) mass is 201 g/mol. The van der Waals surface area contributed by atoms with Crippen molar-refractivity contribution in [3.8, 4) is 6.07 Å². The second-order valence-corrected chi connectivity index (χ2v) is 3.38. The predicted octanol–water partition coefficient (Wildman–Crippen LogP) is 1.79. The van der Waals surface area contributed by atoms with Crippen molar-refractivity contribution < 1.29 is 8.76 Å². The summed E-state index contributed by atoms with van der Waals surface area (Å²) in [7, 11) is 0. The normalized spacial score (nSPS) is 12.1. The predicted molar refractivity (Wildman–Crippen MR) is 45.2 cm³/mol. The van der Waals surface area contributed by atoms with Gasteiger partial charge in [-0.3, -0.25) is 0 Å². The third-order valence-electron chi connectivity index (χ3n) is 1.26. The molecule has 5 heteroatoms. The lowest BCUT2D eigenvalue weighted by molar-refractivity contribution is 0.564. The van der Waals surface area contributed by atoms with E-state index in [-0.39, 0.29) is 9.92 Å². The molecule has 0 saturated heterocycles. The van der Waals surface area contributed by atoms with Crippen LogP contribution in [0.1, 0.15) is 5.56 Å². The van der Waals surface area contributed by atoms with Crippen molar-refractivity contribution in [1.82, 2.24) is 0 Å². The van der Waals surface area contributed by atoms with Crippen LogP contribution in [0.2, 0.25) is 5.02 Å². The Morgan fingerprint density at radius 3 is 2.67 bits per heavy atom. The highest BCUT2D eigenvalue weighted by atomic mass is 35.5. The molecule has 0 fully saturated rings. The second-order valence-electron chi connectivity index (χ2n) is 2.00. The lowest BCUT2D eigenvalue weighted by atomic mass is 10.2. The number of hydrogen-bond acceptors (Lipinski definition) is 2. The maximum atomic E-state index is 10.5. The second kappa shape index (κ2) is 3.68. The minimum Gasteiger partial charge on any atom is -0.302 e. The zero-order chi connectivity index (χ0) is 9.14. The fourth-order valence-corrected chi connectivity index (χ4v) is 1.39. The van der Waals surface area contributed by atoms with Crippen LogP contribution in [-0.2, 0) is 11.1 Å². The third-order valence-corrected chi connectivity index (χ3v) is 2.23. The summed E-state index contributed by atoms with van der Waals surface area (Å²) in [6.07, 6.45) is 0. The first kappa shape index (κ1) is 9.20. The Morgan fingerprint density at radius 1 is 1.58 bits per heavy atom. The van der Waals surface area contributed by atoms with E-state index in [2.05, 4.69) is 0 Å². The van der Waals surface area contributed by atoms with E-state index in [0.717, 1.165) is 0 Å². The maximum absolute atomic E-state index is 10.5. The topological polar surface area (TPSA) is 61.1 Å². The summed E-state index contributed by atoms with van der Waals surface area (Å²) in [6, 6.07) is 5.95. The van der Waals surface area contributed by atoms with E-state index in [9.17, 15) is 4.21 Å². The van der Waals surface area contributed by atoms with Crippen LogP contribution in [0.15, 0.2) is 23.1 Å². The minimum atomic E-state index is -2.04. The summed E-state index contributed by atoms with van der Waals surface area (Å²) in [5, 5.41) is 8.67. The molecule has 1 N–H and O–H groups in total. The first-order valence-electron chi connectivity index (χ1n) is 2.95. The van der Waals surface area contributed by atoms with Crippen molar-refractivity contribution in [3.05, 3.63) is 28.8 Å². The van der Waals surface area contributed by atoms with Crippen molar-refractivity contribution in [1.29, 1.82) is 5.26 Å². The van der Waals surface area contributed by atoms with Gasteiger partial charge in [-0.1, -0.05) is 11.6 Å². The molecule has 0 aliphatic rings. The molecule has 0 radical (unpaired) electrons. The molecule has 1 aromatic rings. The average Bonchev–Trinajstić information content (AvgIpc) is 2.04. The Hall–Kier alpha value is -0.890. The zero-order valence-corrected chi connectivity index (χ0v) is 7.39. The molecule has 62 valence electrons. The summed E-state index contributed by atoms with van der Waals surface area (Å²) in [4.78, 5) is 0.194. The van der Waals surface area contributed by atoms with E-state index in [4.69, 9.17) is 21.4 Å². The van der Waals surface area contributed by atoms with E-state index in [1.54, 1.807) is 0 Å². The minimum absolute atomic E-state index is 0.192. The van der Waals surface area contributed by atoms with E-state index < -0.39 is 11.1 Å². The van der Waals surface area contributed by atoms with Gasteiger partial charge in [0.2, 0.25) is 0 Å². The van der Waals surface area contributed by atoms with E-state index in [1.807, 2.05) is 6.07 Å². The molecule has 0 saturated carbocycles. The van der Waals surface area contributed by atoms with Crippen molar-refractivity contribution in [3.63, 3.8) is 0 Å². The standard InChI is InChI=1S/C7H4ClNO2S/c8-7-3-6(12(10)11)2-1-5(7)4-9/h1-3H,(H,10,11). The van der Waals surface area contributed by atoms with Crippen LogP contribution in [-0.4, -0.2) is 8.76 Å². The van der Waals surface area contributed by atoms with Crippen LogP contribution in [0.25, 0.3) is 0 Å². The smallest absolute Gasteiger partial charge is 0.186 e. The Bertz CT molecular complexity index is 372. The van der Waals surface area contributed by atoms with E-state index in [0.29, 0.717) is 5.56 Å². The number of benzene rings is 1. The quantitative estimate of drug-likeness (QED) is 0.705. The molecule has 0 spiro atoms. The molecule has 3 nitrogen and oxygen atoms in total. The highest BCUT2D eigenvalue weighted by Gasteiger charge is 2.03. The molecule has 1 rings (SSSR count). The van der Waals surface area contributed by atoms with Gasteiger partial charge >= 0.3 is 0 Å². The molecular formula is C7H4ClNO2S. The Morgan fingerprint density at radius 2 is 2.25 bits per heavy atom. The van der Waals surface area contributed by atoms with Crippen LogP contribution >= 0.6 is 11.6 Å². The third kappa shape index (κ3) is 1.83. The highest BCUT2D eigenvalue weighted by molar-refractivity contribution is 7.79. The van der Waals surface area contributed by atoms with Crippen molar-refractivity contribution in [2.45, 2.75) is 4.90 Å². The molecule has 0 aromatic heterocycles. The van der Waals surface area contributed by atoms with Gasteiger partial charge < -0.3 is 4.55 Å². The molecule has 0 aliphatic carbocycles. The summed E-state index contributed by atoms with van der Waals surface area (Å²) in [6.45, 7) is 0. The van der Waals surface area contributed by atoms with Gasteiger partial charge in [0.1, 0.15) is 6.07 Å². The Kier molecular flexibility index (Phi) is 2.82. The van der Waals surface area contributed by atoms with Gasteiger partial charge in [-0.15, -0.1) is 0 Å². The van der Waals surface area contributed by atoms with Crippen molar-refractivity contribution in [2.24, 2.45) is 0 Å². The first-order chi connectivity index (χ1) is 5.65. The van der Waals surface area contributed by atoms with Crippen LogP contribution < -0.4 is 0 Å². The summed E-state index contributed by atoms with van der Waals surface area (Å²) in [5.41, 5.74) is 0.297. The number of rotatable bonds is 1. The lowest BCUT2D eigenvalue weighted by Crippen LogP contribution is -1.88. The summed E-state index contributed by atoms with van der Waals surface area (Å²) in [5.74, 6) is 0. The molecule has 1 aromatic carbocycles. The molecule has 0 aliphatic heterocycles. The maximum Gasteiger partial charge on any atom is 0.186 e. The average molecular weight is 202 g/mol. The number of hydrogen-bond donors (Lipinski definition) is 1. The van der Waals surface area contributed by atoms with Gasteiger partial charge in [-0.05, 0) is 18.2 Å². The zero-order valence-electron chi connectivity index (χ0n) is 5.82. The van der Waals surface area contributed by atoms with Gasteiger partial charge in [0.15, 0.2) is 11.1 Å². The Balaban J connectivity index is 3.21. The van der Waals surface area contributed by atoms with Crippen LogP contribution in [0, 0.1) is 11.3 Å².